The van der Waals surface area contributed by atoms with Gasteiger partial charge in [0.15, 0.2) is 0 Å². The third kappa shape index (κ3) is 4.78. The van der Waals surface area contributed by atoms with E-state index in [9.17, 15) is 10.1 Å². The molecule has 0 fully saturated rings. The van der Waals surface area contributed by atoms with Gasteiger partial charge in [-0.15, -0.1) is 22.7 Å². The molecule has 0 amide bonds. The molecule has 36 heavy (non-hydrogen) atoms. The van der Waals surface area contributed by atoms with Crippen LogP contribution in [0.2, 0.25) is 0 Å². The smallest absolute Gasteiger partial charge is 0.269 e. The molecule has 0 radical (unpaired) electrons. The van der Waals surface area contributed by atoms with Gasteiger partial charge in [-0.1, -0.05) is 18.2 Å². The van der Waals surface area contributed by atoms with E-state index >= 15 is 0 Å². The molecule has 2 aromatic heterocycles. The number of nitrogens with zero attached hydrogens (tertiary/aromatic N) is 2. The zero-order valence-corrected chi connectivity index (χ0v) is 21.2. The molecule has 184 valence electrons. The average Bonchev–Trinajstić information content (AvgIpc) is 3.58. The van der Waals surface area contributed by atoms with Crippen LogP contribution in [0.25, 0.3) is 20.2 Å². The van der Waals surface area contributed by atoms with Crippen LogP contribution in [0.3, 0.4) is 0 Å². The molecule has 0 aliphatic rings. The lowest BCUT2D eigenvalue weighted by Gasteiger charge is -2.27. The summed E-state index contributed by atoms with van der Waals surface area (Å²) in [4.78, 5) is 13.0. The molecule has 0 spiro atoms. The van der Waals surface area contributed by atoms with Crippen LogP contribution in [0.1, 0.15) is 0 Å². The van der Waals surface area contributed by atoms with Gasteiger partial charge in [0.1, 0.15) is 12.4 Å². The third-order valence-electron chi connectivity index (χ3n) is 5.71. The van der Waals surface area contributed by atoms with Gasteiger partial charge in [-0.05, 0) is 47.2 Å². The molecule has 2 heterocycles. The maximum Gasteiger partial charge on any atom is 0.269 e. The summed E-state index contributed by atoms with van der Waals surface area (Å²) in [6, 6.07) is 20.9. The van der Waals surface area contributed by atoms with E-state index in [4.69, 9.17) is 14.2 Å². The number of para-hydroxylation sites is 1. The molecule has 0 aliphatic carbocycles. The minimum absolute atomic E-state index is 0.0604. The Morgan fingerprint density at radius 2 is 1.47 bits per heavy atom. The lowest BCUT2D eigenvalue weighted by molar-refractivity contribution is -0.384. The molecule has 5 rings (SSSR count). The Labute approximate surface area is 216 Å². The van der Waals surface area contributed by atoms with Crippen molar-refractivity contribution < 1.29 is 19.1 Å². The fourth-order valence-corrected chi connectivity index (χ4v) is 5.96. The van der Waals surface area contributed by atoms with Crippen LogP contribution in [0.15, 0.2) is 77.5 Å². The van der Waals surface area contributed by atoms with E-state index in [1.54, 1.807) is 54.0 Å². The van der Waals surface area contributed by atoms with Crippen molar-refractivity contribution in [3.05, 3.63) is 87.6 Å². The quantitative estimate of drug-likeness (QED) is 0.102. The van der Waals surface area contributed by atoms with Gasteiger partial charge >= 0.3 is 0 Å². The van der Waals surface area contributed by atoms with Gasteiger partial charge < -0.3 is 19.1 Å². The number of rotatable bonds is 11. The molecule has 0 saturated carbocycles. The number of nitro groups is 1. The molecule has 0 N–H and O–H groups in total. The van der Waals surface area contributed by atoms with Gasteiger partial charge in [-0.3, -0.25) is 10.1 Å². The van der Waals surface area contributed by atoms with Crippen LogP contribution in [0.5, 0.6) is 5.75 Å². The van der Waals surface area contributed by atoms with Gasteiger partial charge in [0.05, 0.1) is 39.8 Å². The molecule has 0 bridgehead atoms. The van der Waals surface area contributed by atoms with Crippen molar-refractivity contribution >= 4 is 65.6 Å². The first-order valence-corrected chi connectivity index (χ1v) is 13.1. The van der Waals surface area contributed by atoms with Crippen LogP contribution >= 0.6 is 22.7 Å². The van der Waals surface area contributed by atoms with Crippen LogP contribution in [0.4, 0.5) is 22.7 Å². The molecular formula is C27H24N2O5S2. The van der Waals surface area contributed by atoms with Crippen molar-refractivity contribution in [1.82, 2.24) is 0 Å². The highest BCUT2D eigenvalue weighted by Crippen LogP contribution is 2.51. The van der Waals surface area contributed by atoms with Crippen molar-refractivity contribution in [2.45, 2.75) is 0 Å². The zero-order chi connectivity index (χ0) is 24.9. The second-order valence-corrected chi connectivity index (χ2v) is 9.73. The summed E-state index contributed by atoms with van der Waals surface area (Å²) in [5.74, 6) is 0.854. The summed E-state index contributed by atoms with van der Waals surface area (Å²) in [5.41, 5.74) is 2.90. The minimum Gasteiger partial charge on any atom is -0.489 e. The largest absolute Gasteiger partial charge is 0.489 e. The van der Waals surface area contributed by atoms with Crippen molar-refractivity contribution in [3.63, 3.8) is 0 Å². The normalized spacial score (nSPS) is 11.2. The number of hydrogen-bond acceptors (Lipinski definition) is 8. The molecule has 7 nitrogen and oxygen atoms in total. The number of ether oxygens (including phenoxy) is 3. The highest BCUT2D eigenvalue weighted by atomic mass is 32.1. The van der Waals surface area contributed by atoms with E-state index in [1.165, 1.54) is 0 Å². The minimum atomic E-state index is -0.379. The number of anilines is 3. The Morgan fingerprint density at radius 3 is 2.19 bits per heavy atom. The number of methoxy groups -OCH3 is 1. The molecule has 0 aliphatic heterocycles. The maximum atomic E-state index is 11.3. The number of benzene rings is 3. The Hall–Kier alpha value is -3.50. The van der Waals surface area contributed by atoms with E-state index in [0.717, 1.165) is 43.0 Å². The van der Waals surface area contributed by atoms with Gasteiger partial charge in [0.2, 0.25) is 0 Å². The van der Waals surface area contributed by atoms with Gasteiger partial charge in [0, 0.05) is 41.4 Å². The van der Waals surface area contributed by atoms with E-state index in [0.29, 0.717) is 26.4 Å². The van der Waals surface area contributed by atoms with Crippen LogP contribution in [0, 0.1) is 10.1 Å². The molecule has 5 aromatic rings. The monoisotopic (exact) mass is 520 g/mol. The lowest BCUT2D eigenvalue weighted by Crippen LogP contribution is -2.12. The first kappa shape index (κ1) is 24.2. The van der Waals surface area contributed by atoms with Crippen LogP contribution in [-0.4, -0.2) is 38.5 Å². The third-order valence-corrected chi connectivity index (χ3v) is 7.55. The van der Waals surface area contributed by atoms with Crippen LogP contribution < -0.4 is 9.64 Å². The predicted molar refractivity (Wildman–Crippen MR) is 147 cm³/mol. The molecular weight excluding hydrogens is 496 g/mol. The van der Waals surface area contributed by atoms with Crippen molar-refractivity contribution in [1.29, 1.82) is 0 Å². The second-order valence-electron chi connectivity index (χ2n) is 7.90. The number of nitro benzene ring substituents is 1. The van der Waals surface area contributed by atoms with Gasteiger partial charge in [-0.2, -0.15) is 0 Å². The molecule has 9 heteroatoms. The van der Waals surface area contributed by atoms with E-state index < -0.39 is 0 Å². The number of fused-ring (bicyclic) bond motifs is 2. The molecule has 0 unspecified atom stereocenters. The van der Waals surface area contributed by atoms with Crippen molar-refractivity contribution in [2.24, 2.45) is 0 Å². The lowest BCUT2D eigenvalue weighted by atomic mass is 10.1. The Kier molecular flexibility index (Phi) is 7.43. The fraction of sp³-hybridized carbons (Fsp3) is 0.185. The topological polar surface area (TPSA) is 74.1 Å². The summed E-state index contributed by atoms with van der Waals surface area (Å²) in [7, 11) is 1.65. The molecule has 0 saturated heterocycles. The van der Waals surface area contributed by atoms with Crippen LogP contribution in [-0.2, 0) is 9.47 Å². The van der Waals surface area contributed by atoms with E-state index in [-0.39, 0.29) is 10.6 Å². The first-order valence-electron chi connectivity index (χ1n) is 11.4. The number of hydrogen-bond donors (Lipinski definition) is 0. The number of non-ortho nitro benzene ring substituents is 1. The van der Waals surface area contributed by atoms with Gasteiger partial charge in [-0.25, -0.2) is 0 Å². The standard InChI is InChI=1S/C27H24N2O5S2/c1-32-13-14-33-15-16-34-25-23-12-18-35-26(23)24(22-11-17-36-27(22)25)28(19-5-3-2-4-6-19)20-7-9-21(10-8-20)29(30)31/h2-12,17-18H,13-16H2,1H3. The summed E-state index contributed by atoms with van der Waals surface area (Å²) in [6.45, 7) is 1.99. The Balaban J connectivity index is 1.62. The first-order chi connectivity index (χ1) is 17.7. The molecule has 0 atom stereocenters. The maximum absolute atomic E-state index is 11.3. The van der Waals surface area contributed by atoms with E-state index in [1.807, 2.05) is 30.3 Å². The SMILES string of the molecule is COCCOCCOc1c2ccsc2c(N(c2ccccc2)c2ccc([N+](=O)[O-])cc2)c2ccsc12. The average molecular weight is 521 g/mol. The van der Waals surface area contributed by atoms with Gasteiger partial charge in [0.25, 0.3) is 5.69 Å². The highest BCUT2D eigenvalue weighted by Gasteiger charge is 2.24. The summed E-state index contributed by atoms with van der Waals surface area (Å²) < 4.78 is 19.0. The summed E-state index contributed by atoms with van der Waals surface area (Å²) in [6.07, 6.45) is 0. The zero-order valence-electron chi connectivity index (χ0n) is 19.6. The predicted octanol–water partition coefficient (Wildman–Crippen LogP) is 7.54. The second kappa shape index (κ2) is 11.0. The summed E-state index contributed by atoms with van der Waals surface area (Å²) >= 11 is 3.28. The van der Waals surface area contributed by atoms with Crippen molar-refractivity contribution in [2.75, 3.05) is 38.4 Å². The summed E-state index contributed by atoms with van der Waals surface area (Å²) in [5, 5.41) is 17.5. The Morgan fingerprint density at radius 1 is 0.806 bits per heavy atom. The number of thiophene rings is 2. The van der Waals surface area contributed by atoms with Crippen molar-refractivity contribution in [3.8, 4) is 5.75 Å². The molecule has 3 aromatic carbocycles. The van der Waals surface area contributed by atoms with E-state index in [2.05, 4.69) is 27.8 Å². The fourth-order valence-electron chi connectivity index (χ4n) is 4.11. The Bertz CT molecular complexity index is 1410. The highest BCUT2D eigenvalue weighted by molar-refractivity contribution is 7.20.